The minimum Gasteiger partial charge on any atom is -0.482 e. The summed E-state index contributed by atoms with van der Waals surface area (Å²) in [5, 5.41) is 8.53. The van der Waals surface area contributed by atoms with Crippen molar-refractivity contribution in [3.8, 4) is 5.75 Å². The van der Waals surface area contributed by atoms with E-state index in [-0.39, 0.29) is 12.5 Å². The van der Waals surface area contributed by atoms with Gasteiger partial charge in [-0.2, -0.15) is 0 Å². The number of fused-ring (bicyclic) bond motifs is 1. The van der Waals surface area contributed by atoms with Gasteiger partial charge in [-0.3, -0.25) is 4.79 Å². The monoisotopic (exact) mass is 378 g/mol. The Labute approximate surface area is 163 Å². The number of aryl methyl sites for hydroxylation is 1. The Hall–Kier alpha value is -3.29. The molecular formula is C20H22N6O2. The minimum absolute atomic E-state index is 0.0561. The molecule has 2 aromatic heterocycles. The summed E-state index contributed by atoms with van der Waals surface area (Å²) in [5.74, 6) is 2.25. The fourth-order valence-corrected chi connectivity index (χ4v) is 3.27. The zero-order valence-electron chi connectivity index (χ0n) is 15.8. The van der Waals surface area contributed by atoms with Crippen molar-refractivity contribution in [3.05, 3.63) is 65.8 Å². The van der Waals surface area contributed by atoms with Gasteiger partial charge in [-0.15, -0.1) is 10.2 Å². The van der Waals surface area contributed by atoms with E-state index in [0.29, 0.717) is 31.8 Å². The molecule has 0 aliphatic carbocycles. The number of hydrogen-bond acceptors (Lipinski definition) is 6. The molecule has 28 heavy (non-hydrogen) atoms. The van der Waals surface area contributed by atoms with Gasteiger partial charge in [0.2, 0.25) is 0 Å². The second-order valence-corrected chi connectivity index (χ2v) is 6.64. The molecule has 4 rings (SSSR count). The van der Waals surface area contributed by atoms with E-state index in [1.165, 1.54) is 11.9 Å². The first-order valence-electron chi connectivity index (χ1n) is 9.41. The Morgan fingerprint density at radius 1 is 1.07 bits per heavy atom. The summed E-state index contributed by atoms with van der Waals surface area (Å²) in [6.07, 6.45) is 6.30. The number of amides is 1. The molecule has 1 amide bonds. The highest BCUT2D eigenvalue weighted by atomic mass is 16.5. The van der Waals surface area contributed by atoms with Gasteiger partial charge in [0.25, 0.3) is 5.91 Å². The number of carbonyl (C=O) groups excluding carboxylic acids is 1. The summed E-state index contributed by atoms with van der Waals surface area (Å²) in [6, 6.07) is 7.85. The summed E-state index contributed by atoms with van der Waals surface area (Å²) in [5.41, 5.74) is 1.95. The summed E-state index contributed by atoms with van der Waals surface area (Å²) in [6.45, 7) is 4.27. The lowest BCUT2D eigenvalue weighted by atomic mass is 10.1. The number of rotatable bonds is 5. The highest BCUT2D eigenvalue weighted by molar-refractivity contribution is 5.94. The average Bonchev–Trinajstić information content (AvgIpc) is 3.01. The standard InChI is InChI=1S/C20H22N6O2/c1-2-15-3-5-16(6-4-15)20(27)25-8-7-18-23-24-19(26(18)10-9-25)13-28-17-11-21-14-22-12-17/h3-6,11-12,14H,2,7-10,13H2,1H3. The second-order valence-electron chi connectivity index (χ2n) is 6.64. The molecule has 1 aliphatic rings. The van der Waals surface area contributed by atoms with Gasteiger partial charge in [-0.1, -0.05) is 19.1 Å². The number of nitrogens with zero attached hydrogens (tertiary/aromatic N) is 6. The van der Waals surface area contributed by atoms with Crippen LogP contribution in [0, 0.1) is 0 Å². The zero-order valence-corrected chi connectivity index (χ0v) is 15.8. The molecule has 0 spiro atoms. The maximum Gasteiger partial charge on any atom is 0.253 e. The molecule has 144 valence electrons. The molecule has 0 bridgehead atoms. The number of benzene rings is 1. The molecule has 3 aromatic rings. The fourth-order valence-electron chi connectivity index (χ4n) is 3.27. The number of aromatic nitrogens is 5. The lowest BCUT2D eigenvalue weighted by molar-refractivity contribution is 0.0758. The maximum absolute atomic E-state index is 12.9. The van der Waals surface area contributed by atoms with E-state index >= 15 is 0 Å². The van der Waals surface area contributed by atoms with Crippen LogP contribution in [-0.2, 0) is 26.0 Å². The van der Waals surface area contributed by atoms with Gasteiger partial charge in [-0.25, -0.2) is 9.97 Å². The van der Waals surface area contributed by atoms with Crippen molar-refractivity contribution < 1.29 is 9.53 Å². The number of carbonyl (C=O) groups is 1. The van der Waals surface area contributed by atoms with Gasteiger partial charge >= 0.3 is 0 Å². The third-order valence-electron chi connectivity index (χ3n) is 4.90. The van der Waals surface area contributed by atoms with Gasteiger partial charge in [0.1, 0.15) is 18.8 Å². The summed E-state index contributed by atoms with van der Waals surface area (Å²) in [4.78, 5) is 22.6. The van der Waals surface area contributed by atoms with Crippen LogP contribution in [0.4, 0.5) is 0 Å². The van der Waals surface area contributed by atoms with Crippen molar-refractivity contribution in [3.63, 3.8) is 0 Å². The fraction of sp³-hybridized carbons (Fsp3) is 0.350. The van der Waals surface area contributed by atoms with Crippen LogP contribution in [0.2, 0.25) is 0 Å². The first-order chi connectivity index (χ1) is 13.7. The van der Waals surface area contributed by atoms with Crippen LogP contribution in [0.25, 0.3) is 0 Å². The lowest BCUT2D eigenvalue weighted by Gasteiger charge is -2.20. The van der Waals surface area contributed by atoms with Crippen molar-refractivity contribution in [2.24, 2.45) is 0 Å². The minimum atomic E-state index is 0.0561. The first kappa shape index (κ1) is 18.1. The highest BCUT2D eigenvalue weighted by Gasteiger charge is 2.22. The number of hydrogen-bond donors (Lipinski definition) is 0. The van der Waals surface area contributed by atoms with Crippen LogP contribution < -0.4 is 4.74 Å². The van der Waals surface area contributed by atoms with E-state index in [4.69, 9.17) is 4.74 Å². The molecule has 1 aliphatic heterocycles. The van der Waals surface area contributed by atoms with Crippen molar-refractivity contribution in [1.82, 2.24) is 29.6 Å². The third kappa shape index (κ3) is 3.85. The third-order valence-corrected chi connectivity index (χ3v) is 4.90. The Kier molecular flexibility index (Phi) is 5.27. The molecule has 0 atom stereocenters. The second kappa shape index (κ2) is 8.16. The average molecular weight is 378 g/mol. The van der Waals surface area contributed by atoms with E-state index in [1.807, 2.05) is 33.7 Å². The molecule has 0 radical (unpaired) electrons. The van der Waals surface area contributed by atoms with Crippen LogP contribution in [0.1, 0.15) is 34.5 Å². The highest BCUT2D eigenvalue weighted by Crippen LogP contribution is 2.15. The molecule has 0 saturated carbocycles. The molecule has 0 unspecified atom stereocenters. The maximum atomic E-state index is 12.9. The normalized spacial score (nSPS) is 13.7. The summed E-state index contributed by atoms with van der Waals surface area (Å²) in [7, 11) is 0. The van der Waals surface area contributed by atoms with E-state index < -0.39 is 0 Å². The van der Waals surface area contributed by atoms with Crippen LogP contribution in [-0.4, -0.2) is 48.6 Å². The molecular weight excluding hydrogens is 356 g/mol. The van der Waals surface area contributed by atoms with Crippen molar-refractivity contribution in [2.45, 2.75) is 32.9 Å². The smallest absolute Gasteiger partial charge is 0.253 e. The van der Waals surface area contributed by atoms with Crippen LogP contribution in [0.15, 0.2) is 43.0 Å². The Morgan fingerprint density at radius 2 is 1.86 bits per heavy atom. The van der Waals surface area contributed by atoms with E-state index in [0.717, 1.165) is 23.6 Å². The molecule has 0 saturated heterocycles. The largest absolute Gasteiger partial charge is 0.482 e. The molecule has 8 heteroatoms. The van der Waals surface area contributed by atoms with Gasteiger partial charge in [0.15, 0.2) is 11.6 Å². The van der Waals surface area contributed by atoms with Crippen molar-refractivity contribution >= 4 is 5.91 Å². The van der Waals surface area contributed by atoms with Gasteiger partial charge in [0, 0.05) is 31.6 Å². The molecule has 3 heterocycles. The molecule has 0 fully saturated rings. The van der Waals surface area contributed by atoms with Gasteiger partial charge in [-0.05, 0) is 24.1 Å². The molecule has 8 nitrogen and oxygen atoms in total. The lowest BCUT2D eigenvalue weighted by Crippen LogP contribution is -2.33. The van der Waals surface area contributed by atoms with Gasteiger partial charge < -0.3 is 14.2 Å². The zero-order chi connectivity index (χ0) is 19.3. The Bertz CT molecular complexity index is 939. The van der Waals surface area contributed by atoms with Crippen molar-refractivity contribution in [2.75, 3.05) is 13.1 Å². The Balaban J connectivity index is 1.42. The van der Waals surface area contributed by atoms with Crippen LogP contribution in [0.5, 0.6) is 5.75 Å². The molecule has 1 aromatic carbocycles. The summed E-state index contributed by atoms with van der Waals surface area (Å²) >= 11 is 0. The predicted molar refractivity (Wildman–Crippen MR) is 102 cm³/mol. The quantitative estimate of drug-likeness (QED) is 0.674. The van der Waals surface area contributed by atoms with Crippen LogP contribution >= 0.6 is 0 Å². The number of ether oxygens (including phenoxy) is 1. The SMILES string of the molecule is CCc1ccc(C(=O)N2CCc3nnc(COc4cncnc4)n3CC2)cc1. The topological polar surface area (TPSA) is 86.0 Å². The first-order valence-corrected chi connectivity index (χ1v) is 9.41. The van der Waals surface area contributed by atoms with Crippen molar-refractivity contribution in [1.29, 1.82) is 0 Å². The Morgan fingerprint density at radius 3 is 2.61 bits per heavy atom. The summed E-state index contributed by atoms with van der Waals surface area (Å²) < 4.78 is 7.73. The predicted octanol–water partition coefficient (Wildman–Crippen LogP) is 1.91. The van der Waals surface area contributed by atoms with E-state index in [9.17, 15) is 4.79 Å². The van der Waals surface area contributed by atoms with E-state index in [2.05, 4.69) is 27.1 Å². The van der Waals surface area contributed by atoms with E-state index in [1.54, 1.807) is 12.4 Å². The molecule has 0 N–H and O–H groups in total. The van der Waals surface area contributed by atoms with Crippen LogP contribution in [0.3, 0.4) is 0 Å². The van der Waals surface area contributed by atoms with Gasteiger partial charge in [0.05, 0.1) is 12.4 Å².